The highest BCUT2D eigenvalue weighted by atomic mass is 16.5. The molecule has 19 heavy (non-hydrogen) atoms. The van der Waals surface area contributed by atoms with Crippen LogP contribution in [0.3, 0.4) is 0 Å². The molecule has 0 spiro atoms. The molecule has 102 valence electrons. The van der Waals surface area contributed by atoms with Gasteiger partial charge >= 0.3 is 0 Å². The third-order valence-corrected chi connectivity index (χ3v) is 3.25. The molecule has 6 nitrogen and oxygen atoms in total. The predicted molar refractivity (Wildman–Crippen MR) is 72.4 cm³/mol. The van der Waals surface area contributed by atoms with Crippen molar-refractivity contribution in [3.63, 3.8) is 0 Å². The molecular formula is C13H19N5O. The summed E-state index contributed by atoms with van der Waals surface area (Å²) in [5.41, 5.74) is 0.786. The van der Waals surface area contributed by atoms with Crippen LogP contribution >= 0.6 is 0 Å². The van der Waals surface area contributed by atoms with Gasteiger partial charge in [-0.25, -0.2) is 4.98 Å². The summed E-state index contributed by atoms with van der Waals surface area (Å²) in [4.78, 5) is 10.8. The van der Waals surface area contributed by atoms with Crippen molar-refractivity contribution >= 4 is 11.6 Å². The molecule has 0 aromatic carbocycles. The third kappa shape index (κ3) is 2.28. The summed E-state index contributed by atoms with van der Waals surface area (Å²) < 4.78 is 7.74. The summed E-state index contributed by atoms with van der Waals surface area (Å²) in [6.45, 7) is 9.98. The molecule has 1 fully saturated rings. The van der Waals surface area contributed by atoms with Crippen LogP contribution in [-0.4, -0.2) is 44.4 Å². The van der Waals surface area contributed by atoms with Crippen molar-refractivity contribution in [3.8, 4) is 0 Å². The molecule has 1 atom stereocenters. The van der Waals surface area contributed by atoms with E-state index >= 15 is 0 Å². The molecular weight excluding hydrogens is 242 g/mol. The van der Waals surface area contributed by atoms with Crippen molar-refractivity contribution in [1.29, 1.82) is 0 Å². The number of aryl methyl sites for hydroxylation is 1. The van der Waals surface area contributed by atoms with Crippen molar-refractivity contribution in [1.82, 2.24) is 19.6 Å². The molecule has 0 saturated carbocycles. The van der Waals surface area contributed by atoms with Crippen molar-refractivity contribution in [2.75, 3.05) is 18.0 Å². The van der Waals surface area contributed by atoms with E-state index in [0.717, 1.165) is 24.6 Å². The zero-order valence-corrected chi connectivity index (χ0v) is 11.8. The van der Waals surface area contributed by atoms with E-state index in [2.05, 4.69) is 46.8 Å². The number of ether oxygens (including phenoxy) is 1. The Labute approximate surface area is 112 Å². The summed E-state index contributed by atoms with van der Waals surface area (Å²) in [7, 11) is 0. The van der Waals surface area contributed by atoms with E-state index in [-0.39, 0.29) is 11.7 Å². The Morgan fingerprint density at radius 3 is 2.95 bits per heavy atom. The normalized spacial score (nSPS) is 22.9. The molecule has 2 aromatic rings. The van der Waals surface area contributed by atoms with Crippen LogP contribution in [0.4, 0.5) is 5.82 Å². The number of hydrogen-bond donors (Lipinski definition) is 0. The van der Waals surface area contributed by atoms with E-state index < -0.39 is 0 Å². The lowest BCUT2D eigenvalue weighted by molar-refractivity contribution is -0.0752. The van der Waals surface area contributed by atoms with Gasteiger partial charge < -0.3 is 9.64 Å². The van der Waals surface area contributed by atoms with E-state index in [1.54, 1.807) is 10.8 Å². The number of fused-ring (bicyclic) bond motifs is 1. The van der Waals surface area contributed by atoms with E-state index in [0.29, 0.717) is 5.78 Å². The molecule has 1 aliphatic rings. The lowest BCUT2D eigenvalue weighted by atomic mass is 10.1. The number of rotatable bonds is 1. The third-order valence-electron chi connectivity index (χ3n) is 3.25. The quantitative estimate of drug-likeness (QED) is 0.777. The van der Waals surface area contributed by atoms with Gasteiger partial charge in [0.2, 0.25) is 0 Å². The van der Waals surface area contributed by atoms with Crippen LogP contribution in [0.5, 0.6) is 0 Å². The van der Waals surface area contributed by atoms with Crippen LogP contribution in [0.2, 0.25) is 0 Å². The van der Waals surface area contributed by atoms with Crippen LogP contribution < -0.4 is 4.90 Å². The number of hydrogen-bond acceptors (Lipinski definition) is 5. The lowest BCUT2D eigenvalue weighted by Gasteiger charge is -2.42. The van der Waals surface area contributed by atoms with E-state index in [1.807, 2.05) is 6.92 Å². The second-order valence-corrected chi connectivity index (χ2v) is 5.80. The van der Waals surface area contributed by atoms with Crippen LogP contribution in [0, 0.1) is 6.92 Å². The van der Waals surface area contributed by atoms with Gasteiger partial charge in [0, 0.05) is 24.8 Å². The molecule has 0 unspecified atom stereocenters. The second-order valence-electron chi connectivity index (χ2n) is 5.80. The number of nitrogens with zero attached hydrogens (tertiary/aromatic N) is 5. The first-order valence-electron chi connectivity index (χ1n) is 6.55. The fraction of sp³-hybridized carbons (Fsp3) is 0.615. The van der Waals surface area contributed by atoms with E-state index in [4.69, 9.17) is 4.74 Å². The van der Waals surface area contributed by atoms with E-state index in [1.165, 1.54) is 0 Å². The smallest absolute Gasteiger partial charge is 0.254 e. The second kappa shape index (κ2) is 4.16. The maximum atomic E-state index is 5.95. The van der Waals surface area contributed by atoms with Gasteiger partial charge in [-0.2, -0.15) is 14.6 Å². The van der Waals surface area contributed by atoms with Crippen molar-refractivity contribution in [2.24, 2.45) is 0 Å². The summed E-state index contributed by atoms with van der Waals surface area (Å²) in [6, 6.07) is 2.05. The standard InChI is InChI=1S/C13H19N5O/c1-9-5-11(18-12(16-9)14-8-15-18)17-6-10(2)19-13(3,4)7-17/h5,8,10H,6-7H2,1-4H3/t10-/m0/s1. The molecule has 0 N–H and O–H groups in total. The Bertz CT molecular complexity index is 606. The molecule has 0 aliphatic carbocycles. The van der Waals surface area contributed by atoms with Gasteiger partial charge in [0.15, 0.2) is 0 Å². The van der Waals surface area contributed by atoms with Gasteiger partial charge in [-0.15, -0.1) is 0 Å². The van der Waals surface area contributed by atoms with Crippen molar-refractivity contribution in [2.45, 2.75) is 39.4 Å². The Hall–Kier alpha value is -1.69. The lowest BCUT2D eigenvalue weighted by Crippen LogP contribution is -2.52. The topological polar surface area (TPSA) is 55.6 Å². The Morgan fingerprint density at radius 1 is 1.42 bits per heavy atom. The summed E-state index contributed by atoms with van der Waals surface area (Å²) in [6.07, 6.45) is 1.73. The minimum absolute atomic E-state index is 0.165. The molecule has 2 aromatic heterocycles. The van der Waals surface area contributed by atoms with Gasteiger partial charge in [0.25, 0.3) is 5.78 Å². The van der Waals surface area contributed by atoms with Crippen LogP contribution in [-0.2, 0) is 4.74 Å². The minimum Gasteiger partial charge on any atom is -0.369 e. The first kappa shape index (κ1) is 12.3. The molecule has 1 saturated heterocycles. The highest BCUT2D eigenvalue weighted by Crippen LogP contribution is 2.26. The number of anilines is 1. The average Bonchev–Trinajstić information content (AvgIpc) is 2.72. The fourth-order valence-electron chi connectivity index (χ4n) is 2.76. The summed E-state index contributed by atoms with van der Waals surface area (Å²) >= 11 is 0. The number of aromatic nitrogens is 4. The number of morpholine rings is 1. The van der Waals surface area contributed by atoms with Gasteiger partial charge in [-0.05, 0) is 27.7 Å². The maximum Gasteiger partial charge on any atom is 0.254 e. The zero-order chi connectivity index (χ0) is 13.6. The Balaban J connectivity index is 2.06. The van der Waals surface area contributed by atoms with Crippen molar-refractivity contribution in [3.05, 3.63) is 18.1 Å². The predicted octanol–water partition coefficient (Wildman–Crippen LogP) is 1.44. The van der Waals surface area contributed by atoms with Crippen LogP contribution in [0.25, 0.3) is 5.78 Å². The average molecular weight is 261 g/mol. The monoisotopic (exact) mass is 261 g/mol. The molecule has 6 heteroatoms. The SMILES string of the molecule is Cc1cc(N2C[C@H](C)OC(C)(C)C2)n2ncnc2n1. The minimum atomic E-state index is -0.165. The molecule has 3 heterocycles. The Kier molecular flexibility index (Phi) is 2.70. The summed E-state index contributed by atoms with van der Waals surface area (Å²) in [5.74, 6) is 1.68. The molecule has 0 amide bonds. The van der Waals surface area contributed by atoms with Gasteiger partial charge in [-0.3, -0.25) is 0 Å². The molecule has 0 radical (unpaired) electrons. The van der Waals surface area contributed by atoms with Gasteiger partial charge in [0.1, 0.15) is 12.1 Å². The Morgan fingerprint density at radius 2 is 2.21 bits per heavy atom. The molecule has 0 bridgehead atoms. The summed E-state index contributed by atoms with van der Waals surface area (Å²) in [5, 5.41) is 4.27. The highest BCUT2D eigenvalue weighted by Gasteiger charge is 2.32. The largest absolute Gasteiger partial charge is 0.369 e. The van der Waals surface area contributed by atoms with E-state index in [9.17, 15) is 0 Å². The molecule has 1 aliphatic heterocycles. The first-order chi connectivity index (χ1) is 8.94. The highest BCUT2D eigenvalue weighted by molar-refractivity contribution is 5.48. The van der Waals surface area contributed by atoms with Gasteiger partial charge in [-0.1, -0.05) is 0 Å². The van der Waals surface area contributed by atoms with Crippen LogP contribution in [0.15, 0.2) is 12.4 Å². The molecule has 3 rings (SSSR count). The zero-order valence-electron chi connectivity index (χ0n) is 11.8. The van der Waals surface area contributed by atoms with Crippen LogP contribution in [0.1, 0.15) is 26.5 Å². The van der Waals surface area contributed by atoms with Gasteiger partial charge in [0.05, 0.1) is 11.7 Å². The maximum absolute atomic E-state index is 5.95. The first-order valence-corrected chi connectivity index (χ1v) is 6.55. The fourth-order valence-corrected chi connectivity index (χ4v) is 2.76. The van der Waals surface area contributed by atoms with Crippen molar-refractivity contribution < 1.29 is 4.74 Å².